The number of hydrazone groups is 1. The molecule has 0 bridgehead atoms. The number of hydrogen-bond acceptors (Lipinski definition) is 3. The third kappa shape index (κ3) is 3.37. The smallest absolute Gasteiger partial charge is 0.147 e. The molecule has 4 aromatic carbocycles. The van der Waals surface area contributed by atoms with E-state index in [1.165, 1.54) is 21.9 Å². The lowest BCUT2D eigenvalue weighted by atomic mass is 9.80. The summed E-state index contributed by atoms with van der Waals surface area (Å²) in [7, 11) is 0. The number of benzene rings is 4. The molecule has 2 aliphatic rings. The van der Waals surface area contributed by atoms with Crippen molar-refractivity contribution in [2.24, 2.45) is 10.1 Å². The maximum absolute atomic E-state index is 5.40. The predicted octanol–water partition coefficient (Wildman–Crippen LogP) is 5.01. The second-order valence-electron chi connectivity index (χ2n) is 8.85. The Balaban J connectivity index is 1.60. The van der Waals surface area contributed by atoms with E-state index in [0.29, 0.717) is 0 Å². The van der Waals surface area contributed by atoms with Crippen molar-refractivity contribution >= 4 is 17.5 Å². The minimum atomic E-state index is -0.566. The van der Waals surface area contributed by atoms with Crippen LogP contribution in [0.1, 0.15) is 22.7 Å². The molecule has 33 heavy (non-hydrogen) atoms. The number of fused-ring (bicyclic) bond motifs is 1. The van der Waals surface area contributed by atoms with E-state index in [0.717, 1.165) is 23.2 Å². The fourth-order valence-corrected chi connectivity index (χ4v) is 5.07. The van der Waals surface area contributed by atoms with Gasteiger partial charge in [-0.05, 0) is 47.5 Å². The van der Waals surface area contributed by atoms with Crippen LogP contribution in [0.25, 0.3) is 6.08 Å². The second-order valence-corrected chi connectivity index (χ2v) is 8.85. The van der Waals surface area contributed by atoms with Crippen LogP contribution in [0.15, 0.2) is 119 Å². The summed E-state index contributed by atoms with van der Waals surface area (Å²) in [5, 5.41) is 9.67. The molecule has 0 amide bonds. The fraction of sp³-hybridized carbons (Fsp3) is 0.133. The zero-order valence-corrected chi connectivity index (χ0v) is 18.6. The van der Waals surface area contributed by atoms with Gasteiger partial charge in [0.05, 0.1) is 16.8 Å². The molecule has 0 aromatic heterocycles. The first kappa shape index (κ1) is 19.7. The summed E-state index contributed by atoms with van der Waals surface area (Å²) >= 11 is 0. The third-order valence-electron chi connectivity index (χ3n) is 6.56. The van der Waals surface area contributed by atoms with Gasteiger partial charge in [0, 0.05) is 6.42 Å². The van der Waals surface area contributed by atoms with Crippen molar-refractivity contribution in [3.63, 3.8) is 0 Å². The molecule has 0 saturated carbocycles. The minimum absolute atomic E-state index is 0.0640. The van der Waals surface area contributed by atoms with Crippen LogP contribution in [0.4, 0.5) is 5.69 Å². The number of nitrogens with zero attached hydrogens (tertiary/aromatic N) is 3. The maximum Gasteiger partial charge on any atom is 0.147 e. The zero-order valence-electron chi connectivity index (χ0n) is 18.6. The van der Waals surface area contributed by atoms with Crippen molar-refractivity contribution in [1.29, 1.82) is 0 Å². The topological polar surface area (TPSA) is 28.0 Å². The van der Waals surface area contributed by atoms with Gasteiger partial charge in [-0.1, -0.05) is 96.6 Å². The molecule has 0 saturated heterocycles. The molecule has 0 N–H and O–H groups in total. The Hall–Kier alpha value is -3.98. The van der Waals surface area contributed by atoms with Crippen LogP contribution >= 0.6 is 0 Å². The number of hydrogen-bond donors (Lipinski definition) is 0. The van der Waals surface area contributed by atoms with Gasteiger partial charge in [0.25, 0.3) is 0 Å². The van der Waals surface area contributed by atoms with E-state index in [2.05, 4.69) is 121 Å². The van der Waals surface area contributed by atoms with E-state index in [1.54, 1.807) is 0 Å². The van der Waals surface area contributed by atoms with Crippen LogP contribution in [-0.4, -0.2) is 11.3 Å². The van der Waals surface area contributed by atoms with Gasteiger partial charge in [-0.2, -0.15) is 5.10 Å². The van der Waals surface area contributed by atoms with Crippen LogP contribution in [0.3, 0.4) is 0 Å². The van der Waals surface area contributed by atoms with Gasteiger partial charge >= 0.3 is 0 Å². The summed E-state index contributed by atoms with van der Waals surface area (Å²) in [6.07, 6.45) is 3.08. The van der Waals surface area contributed by atoms with Crippen molar-refractivity contribution in [3.05, 3.63) is 136 Å². The van der Waals surface area contributed by atoms with Crippen molar-refractivity contribution in [1.82, 2.24) is 0 Å². The van der Waals surface area contributed by atoms with E-state index in [1.807, 2.05) is 6.07 Å². The van der Waals surface area contributed by atoms with Crippen molar-refractivity contribution in [2.75, 3.05) is 5.01 Å². The number of aryl methyl sites for hydroxylation is 1. The Morgan fingerprint density at radius 2 is 1.52 bits per heavy atom. The molecule has 4 aromatic rings. The second kappa shape index (κ2) is 7.86. The number of anilines is 1. The first-order valence-corrected chi connectivity index (χ1v) is 11.4. The lowest BCUT2D eigenvalue weighted by molar-refractivity contribution is 0.568. The third-order valence-corrected chi connectivity index (χ3v) is 6.56. The first-order chi connectivity index (χ1) is 16.2. The van der Waals surface area contributed by atoms with Crippen LogP contribution in [-0.2, 0) is 6.42 Å². The molecule has 3 heteroatoms. The molecule has 3 nitrogen and oxygen atoms in total. The zero-order chi connectivity index (χ0) is 22.3. The van der Waals surface area contributed by atoms with Gasteiger partial charge in [0.1, 0.15) is 11.6 Å². The predicted molar refractivity (Wildman–Crippen MR) is 135 cm³/mol. The first-order valence-electron chi connectivity index (χ1n) is 11.4. The summed E-state index contributed by atoms with van der Waals surface area (Å²) in [6, 6.07) is 38.2. The quantitative estimate of drug-likeness (QED) is 0.450. The lowest BCUT2D eigenvalue weighted by Crippen LogP contribution is -2.41. The molecule has 2 aliphatic heterocycles. The van der Waals surface area contributed by atoms with Gasteiger partial charge in [-0.3, -0.25) is 10.0 Å². The molecule has 1 spiro atoms. The molecule has 0 aliphatic carbocycles. The monoisotopic (exact) mass is 427 g/mol. The van der Waals surface area contributed by atoms with Crippen molar-refractivity contribution < 1.29 is 0 Å². The molecule has 0 radical (unpaired) electrons. The standard InChI is InChI=1S/C30H25N3/c1-22-11-10-15-24(19-22)29-30(21-25-14-8-9-18-27(25)31-30)28(20-23-12-4-2-5-13-23)32-33(29)26-16-6-3-7-17-26/h2-19,21,29H,20H2,1H3. The summed E-state index contributed by atoms with van der Waals surface area (Å²) in [5.41, 5.74) is 5.28. The average Bonchev–Trinajstić information content (AvgIpc) is 3.38. The highest BCUT2D eigenvalue weighted by atomic mass is 15.5. The van der Waals surface area contributed by atoms with E-state index in [-0.39, 0.29) is 6.04 Å². The highest BCUT2D eigenvalue weighted by Crippen LogP contribution is 2.46. The Labute approximate surface area is 194 Å². The van der Waals surface area contributed by atoms with E-state index in [9.17, 15) is 0 Å². The van der Waals surface area contributed by atoms with Crippen LogP contribution in [0, 0.1) is 6.92 Å². The summed E-state index contributed by atoms with van der Waals surface area (Å²) in [6.45, 7) is 2.15. The molecule has 2 heterocycles. The van der Waals surface area contributed by atoms with Gasteiger partial charge in [0.15, 0.2) is 0 Å². The van der Waals surface area contributed by atoms with E-state index in [4.69, 9.17) is 10.1 Å². The average molecular weight is 428 g/mol. The highest BCUT2D eigenvalue weighted by molar-refractivity contribution is 6.05. The van der Waals surface area contributed by atoms with Gasteiger partial charge in [0.2, 0.25) is 0 Å². The SMILES string of the molecule is Cc1cccc(C2N(c3ccccc3)N=C(Cc3ccccc3)C23C=c2ccccc2=N3)c1. The summed E-state index contributed by atoms with van der Waals surface area (Å²) in [4.78, 5) is 5.40. The van der Waals surface area contributed by atoms with Gasteiger partial charge < -0.3 is 0 Å². The molecule has 6 rings (SSSR count). The largest absolute Gasteiger partial charge is 0.265 e. The van der Waals surface area contributed by atoms with Gasteiger partial charge in [-0.15, -0.1) is 0 Å². The molecule has 2 atom stereocenters. The summed E-state index contributed by atoms with van der Waals surface area (Å²) in [5.74, 6) is 0. The van der Waals surface area contributed by atoms with Crippen LogP contribution < -0.4 is 15.6 Å². The van der Waals surface area contributed by atoms with Crippen molar-refractivity contribution in [3.8, 4) is 0 Å². The van der Waals surface area contributed by atoms with E-state index < -0.39 is 5.54 Å². The number of rotatable bonds is 4. The molecular formula is C30H25N3. The minimum Gasteiger partial charge on any atom is -0.265 e. The van der Waals surface area contributed by atoms with Gasteiger partial charge in [-0.25, -0.2) is 0 Å². The Kier molecular flexibility index (Phi) is 4.69. The van der Waals surface area contributed by atoms with Crippen molar-refractivity contribution in [2.45, 2.75) is 24.9 Å². The Morgan fingerprint density at radius 1 is 0.788 bits per heavy atom. The Bertz CT molecular complexity index is 1420. The molecule has 2 unspecified atom stereocenters. The Morgan fingerprint density at radius 3 is 2.27 bits per heavy atom. The maximum atomic E-state index is 5.40. The highest BCUT2D eigenvalue weighted by Gasteiger charge is 2.52. The number of para-hydroxylation sites is 2. The fourth-order valence-electron chi connectivity index (χ4n) is 5.07. The normalized spacial score (nSPS) is 20.8. The summed E-state index contributed by atoms with van der Waals surface area (Å²) < 4.78 is 0. The molecular weight excluding hydrogens is 402 g/mol. The van der Waals surface area contributed by atoms with Crippen LogP contribution in [0.5, 0.6) is 0 Å². The van der Waals surface area contributed by atoms with E-state index >= 15 is 0 Å². The molecule has 0 fully saturated rings. The van der Waals surface area contributed by atoms with Crippen LogP contribution in [0.2, 0.25) is 0 Å². The lowest BCUT2D eigenvalue weighted by Gasteiger charge is -2.33. The molecule has 160 valence electrons.